The number of likely N-dealkylation sites (tertiary alicyclic amines) is 1. The zero-order valence-corrected chi connectivity index (χ0v) is 13.4. The Morgan fingerprint density at radius 2 is 1.96 bits per heavy atom. The molecule has 1 aliphatic rings. The van der Waals surface area contributed by atoms with Crippen molar-refractivity contribution >= 4 is 17.3 Å². The van der Waals surface area contributed by atoms with Crippen LogP contribution in [0.25, 0.3) is 0 Å². The van der Waals surface area contributed by atoms with E-state index in [9.17, 15) is 13.6 Å². The van der Waals surface area contributed by atoms with Gasteiger partial charge in [0, 0.05) is 31.0 Å². The van der Waals surface area contributed by atoms with Gasteiger partial charge in [-0.05, 0) is 43.0 Å². The molecule has 126 valence electrons. The highest BCUT2D eigenvalue weighted by molar-refractivity contribution is 5.93. The summed E-state index contributed by atoms with van der Waals surface area (Å²) in [7, 11) is 0. The lowest BCUT2D eigenvalue weighted by Gasteiger charge is -2.30. The lowest BCUT2D eigenvalue weighted by atomic mass is 9.99. The smallest absolute Gasteiger partial charge is 0.272 e. The van der Waals surface area contributed by atoms with E-state index in [-0.39, 0.29) is 11.6 Å². The lowest BCUT2D eigenvalue weighted by molar-refractivity contribution is 0.0691. The molecule has 0 saturated carbocycles. The molecule has 4 nitrogen and oxygen atoms in total. The van der Waals surface area contributed by atoms with Gasteiger partial charge >= 0.3 is 0 Å². The van der Waals surface area contributed by atoms with Crippen LogP contribution >= 0.6 is 0 Å². The van der Waals surface area contributed by atoms with E-state index in [2.05, 4.69) is 17.2 Å². The average molecular weight is 331 g/mol. The first-order chi connectivity index (χ1) is 11.5. The minimum absolute atomic E-state index is 0.120. The SMILES string of the molecule is CC1CCN(C(=O)c2cc(Nc3ccc(F)cc3F)ccn2)CC1. The number of piperidine rings is 1. The standard InChI is InChI=1S/C18H19F2N3O/c1-12-5-8-23(9-6-12)18(24)17-11-14(4-7-21-17)22-16-3-2-13(19)10-15(16)20/h2-4,7,10-12H,5-6,8-9H2,1H3,(H,21,22). The summed E-state index contributed by atoms with van der Waals surface area (Å²) in [5.41, 5.74) is 0.995. The summed E-state index contributed by atoms with van der Waals surface area (Å²) >= 11 is 0. The molecule has 24 heavy (non-hydrogen) atoms. The van der Waals surface area contributed by atoms with Crippen molar-refractivity contribution in [1.82, 2.24) is 9.88 Å². The van der Waals surface area contributed by atoms with Crippen molar-refractivity contribution in [1.29, 1.82) is 0 Å². The first-order valence-corrected chi connectivity index (χ1v) is 8.00. The molecule has 6 heteroatoms. The van der Waals surface area contributed by atoms with Crippen molar-refractivity contribution in [2.24, 2.45) is 5.92 Å². The Hall–Kier alpha value is -2.50. The number of halogens is 2. The van der Waals surface area contributed by atoms with Gasteiger partial charge in [-0.3, -0.25) is 9.78 Å². The van der Waals surface area contributed by atoms with Gasteiger partial charge in [0.2, 0.25) is 0 Å². The van der Waals surface area contributed by atoms with Gasteiger partial charge in [0.1, 0.15) is 17.3 Å². The molecule has 0 radical (unpaired) electrons. The minimum atomic E-state index is -0.690. The molecule has 1 saturated heterocycles. The van der Waals surface area contributed by atoms with Crippen LogP contribution in [0.15, 0.2) is 36.5 Å². The number of aromatic nitrogens is 1. The molecule has 2 heterocycles. The summed E-state index contributed by atoms with van der Waals surface area (Å²) in [6, 6.07) is 6.53. The van der Waals surface area contributed by atoms with E-state index in [1.165, 1.54) is 18.3 Å². The van der Waals surface area contributed by atoms with E-state index >= 15 is 0 Å². The Labute approximate surface area is 139 Å². The largest absolute Gasteiger partial charge is 0.353 e. The Morgan fingerprint density at radius 1 is 1.21 bits per heavy atom. The number of nitrogens with one attached hydrogen (secondary N) is 1. The van der Waals surface area contributed by atoms with Crippen LogP contribution in [0.1, 0.15) is 30.3 Å². The Morgan fingerprint density at radius 3 is 2.67 bits per heavy atom. The first-order valence-electron chi connectivity index (χ1n) is 8.00. The fraction of sp³-hybridized carbons (Fsp3) is 0.333. The maximum absolute atomic E-state index is 13.7. The molecule has 1 aliphatic heterocycles. The van der Waals surface area contributed by atoms with Crippen molar-refractivity contribution in [2.45, 2.75) is 19.8 Å². The predicted molar refractivity (Wildman–Crippen MR) is 88.2 cm³/mol. The van der Waals surface area contributed by atoms with Crippen LogP contribution in [-0.2, 0) is 0 Å². The van der Waals surface area contributed by atoms with Crippen LogP contribution in [0, 0.1) is 17.6 Å². The Kier molecular flexibility index (Phi) is 4.74. The van der Waals surface area contributed by atoms with Crippen LogP contribution in [0.3, 0.4) is 0 Å². The van der Waals surface area contributed by atoms with Crippen molar-refractivity contribution < 1.29 is 13.6 Å². The van der Waals surface area contributed by atoms with E-state index in [0.717, 1.165) is 32.0 Å². The summed E-state index contributed by atoms with van der Waals surface area (Å²) < 4.78 is 26.7. The highest BCUT2D eigenvalue weighted by Crippen LogP contribution is 2.22. The third kappa shape index (κ3) is 3.69. The molecule has 2 aromatic rings. The van der Waals surface area contributed by atoms with Crippen LogP contribution in [0.2, 0.25) is 0 Å². The predicted octanol–water partition coefficient (Wildman–Crippen LogP) is 3.98. The monoisotopic (exact) mass is 331 g/mol. The van der Waals surface area contributed by atoms with E-state index in [4.69, 9.17) is 0 Å². The fourth-order valence-electron chi connectivity index (χ4n) is 2.75. The Bertz CT molecular complexity index is 743. The number of hydrogen-bond donors (Lipinski definition) is 1. The van der Waals surface area contributed by atoms with Gasteiger partial charge in [-0.2, -0.15) is 0 Å². The molecular formula is C18H19F2N3O. The zero-order valence-electron chi connectivity index (χ0n) is 13.4. The number of carbonyl (C=O) groups is 1. The van der Waals surface area contributed by atoms with Crippen molar-refractivity contribution in [2.75, 3.05) is 18.4 Å². The molecule has 1 N–H and O–H groups in total. The second kappa shape index (κ2) is 6.95. The van der Waals surface area contributed by atoms with Crippen LogP contribution in [0.5, 0.6) is 0 Å². The molecule has 1 amide bonds. The van der Waals surface area contributed by atoms with E-state index in [1.807, 2.05) is 0 Å². The highest BCUT2D eigenvalue weighted by Gasteiger charge is 2.22. The maximum Gasteiger partial charge on any atom is 0.272 e. The quantitative estimate of drug-likeness (QED) is 0.925. The van der Waals surface area contributed by atoms with E-state index < -0.39 is 11.6 Å². The van der Waals surface area contributed by atoms with E-state index in [0.29, 0.717) is 17.3 Å². The summed E-state index contributed by atoms with van der Waals surface area (Å²) in [4.78, 5) is 18.5. The highest BCUT2D eigenvalue weighted by atomic mass is 19.1. The van der Waals surface area contributed by atoms with Gasteiger partial charge in [0.25, 0.3) is 5.91 Å². The number of benzene rings is 1. The van der Waals surface area contributed by atoms with Crippen LogP contribution < -0.4 is 5.32 Å². The van der Waals surface area contributed by atoms with Crippen LogP contribution in [0.4, 0.5) is 20.2 Å². The number of nitrogens with zero attached hydrogens (tertiary/aromatic N) is 2. The number of rotatable bonds is 3. The molecule has 0 bridgehead atoms. The molecule has 0 spiro atoms. The molecule has 1 aromatic carbocycles. The van der Waals surface area contributed by atoms with Gasteiger partial charge in [-0.25, -0.2) is 8.78 Å². The summed E-state index contributed by atoms with van der Waals surface area (Å²) in [6.07, 6.45) is 3.48. The summed E-state index contributed by atoms with van der Waals surface area (Å²) in [5.74, 6) is -0.811. The fourth-order valence-corrected chi connectivity index (χ4v) is 2.75. The summed E-state index contributed by atoms with van der Waals surface area (Å²) in [5, 5.41) is 2.85. The number of hydrogen-bond acceptors (Lipinski definition) is 3. The topological polar surface area (TPSA) is 45.2 Å². The summed E-state index contributed by atoms with van der Waals surface area (Å²) in [6.45, 7) is 3.64. The molecule has 1 fully saturated rings. The lowest BCUT2D eigenvalue weighted by Crippen LogP contribution is -2.38. The van der Waals surface area contributed by atoms with E-state index in [1.54, 1.807) is 17.0 Å². The van der Waals surface area contributed by atoms with Gasteiger partial charge < -0.3 is 10.2 Å². The molecule has 1 aromatic heterocycles. The average Bonchev–Trinajstić information content (AvgIpc) is 2.58. The van der Waals surface area contributed by atoms with Gasteiger partial charge in [-0.15, -0.1) is 0 Å². The molecule has 0 atom stereocenters. The van der Waals surface area contributed by atoms with Crippen molar-refractivity contribution in [3.05, 3.63) is 53.9 Å². The van der Waals surface area contributed by atoms with Crippen molar-refractivity contribution in [3.63, 3.8) is 0 Å². The maximum atomic E-state index is 13.7. The third-order valence-corrected chi connectivity index (χ3v) is 4.26. The third-order valence-electron chi connectivity index (χ3n) is 4.26. The minimum Gasteiger partial charge on any atom is -0.353 e. The molecule has 0 unspecified atom stereocenters. The second-order valence-corrected chi connectivity index (χ2v) is 6.15. The van der Waals surface area contributed by atoms with Gasteiger partial charge in [0.15, 0.2) is 0 Å². The number of carbonyl (C=O) groups excluding carboxylic acids is 1. The molecular weight excluding hydrogens is 312 g/mol. The molecule has 3 rings (SSSR count). The van der Waals surface area contributed by atoms with Gasteiger partial charge in [0.05, 0.1) is 5.69 Å². The Balaban J connectivity index is 1.75. The second-order valence-electron chi connectivity index (χ2n) is 6.15. The van der Waals surface area contributed by atoms with Crippen LogP contribution in [-0.4, -0.2) is 28.9 Å². The zero-order chi connectivity index (χ0) is 17.1. The number of amides is 1. The number of anilines is 2. The number of pyridine rings is 1. The first kappa shape index (κ1) is 16.4. The van der Waals surface area contributed by atoms with Crippen molar-refractivity contribution in [3.8, 4) is 0 Å². The molecule has 0 aliphatic carbocycles. The van der Waals surface area contributed by atoms with Gasteiger partial charge in [-0.1, -0.05) is 6.92 Å². The normalized spacial score (nSPS) is 15.4.